The molecule has 0 heterocycles. The predicted octanol–water partition coefficient (Wildman–Crippen LogP) is 5.11. The molecule has 0 saturated heterocycles. The van der Waals surface area contributed by atoms with Gasteiger partial charge in [-0.3, -0.25) is 9.59 Å². The van der Waals surface area contributed by atoms with Crippen LogP contribution in [-0.2, 0) is 0 Å². The highest BCUT2D eigenvalue weighted by molar-refractivity contribution is 14.1. The standard InChI is InChI=1S/C22H19IN2O3/c1-14-4-3-5-15(12-14)21(26)24-17-7-9-18(10-8-17)25-22(27)16-6-11-20(28-2)19(23)13-16/h3-13H,1-2H3,(H,24,26)(H,25,27). The zero-order chi connectivity index (χ0) is 20.1. The average Bonchev–Trinajstić information content (AvgIpc) is 2.69. The molecule has 0 radical (unpaired) electrons. The van der Waals surface area contributed by atoms with Crippen molar-refractivity contribution in [2.24, 2.45) is 0 Å². The Labute approximate surface area is 177 Å². The molecule has 0 aliphatic heterocycles. The van der Waals surface area contributed by atoms with Crippen LogP contribution in [-0.4, -0.2) is 18.9 Å². The molecule has 5 nitrogen and oxygen atoms in total. The van der Waals surface area contributed by atoms with Gasteiger partial charge in [0.1, 0.15) is 5.75 Å². The Balaban J connectivity index is 1.65. The Morgan fingerprint density at radius 1 is 0.821 bits per heavy atom. The van der Waals surface area contributed by atoms with Crippen molar-refractivity contribution in [2.75, 3.05) is 17.7 Å². The number of rotatable bonds is 5. The monoisotopic (exact) mass is 486 g/mol. The van der Waals surface area contributed by atoms with Gasteiger partial charge < -0.3 is 15.4 Å². The quantitative estimate of drug-likeness (QED) is 0.493. The molecule has 0 saturated carbocycles. The maximum atomic E-state index is 12.4. The third-order valence-corrected chi connectivity index (χ3v) is 4.94. The zero-order valence-electron chi connectivity index (χ0n) is 15.5. The summed E-state index contributed by atoms with van der Waals surface area (Å²) in [6, 6.07) is 19.6. The van der Waals surface area contributed by atoms with Gasteiger partial charge >= 0.3 is 0 Å². The van der Waals surface area contributed by atoms with E-state index in [0.717, 1.165) is 14.9 Å². The second-order valence-electron chi connectivity index (χ2n) is 6.20. The van der Waals surface area contributed by atoms with Crippen LogP contribution in [0.3, 0.4) is 0 Å². The minimum absolute atomic E-state index is 0.173. The van der Waals surface area contributed by atoms with Crippen LogP contribution in [0.5, 0.6) is 5.75 Å². The number of hydrogen-bond donors (Lipinski definition) is 2. The fraction of sp³-hybridized carbons (Fsp3) is 0.0909. The van der Waals surface area contributed by atoms with Crippen molar-refractivity contribution in [1.82, 2.24) is 0 Å². The molecule has 0 atom stereocenters. The SMILES string of the molecule is COc1ccc(C(=O)Nc2ccc(NC(=O)c3cccc(C)c3)cc2)cc1I. The molecule has 3 aromatic rings. The summed E-state index contributed by atoms with van der Waals surface area (Å²) in [6.07, 6.45) is 0. The van der Waals surface area contributed by atoms with Gasteiger partial charge in [0, 0.05) is 22.5 Å². The first-order valence-electron chi connectivity index (χ1n) is 8.59. The summed E-state index contributed by atoms with van der Waals surface area (Å²) < 4.78 is 6.07. The molecule has 2 amide bonds. The minimum atomic E-state index is -0.211. The molecule has 3 rings (SSSR count). The number of amides is 2. The maximum Gasteiger partial charge on any atom is 0.255 e. The van der Waals surface area contributed by atoms with Crippen molar-refractivity contribution in [3.8, 4) is 5.75 Å². The molecule has 0 fully saturated rings. The molecule has 142 valence electrons. The highest BCUT2D eigenvalue weighted by Crippen LogP contribution is 2.22. The van der Waals surface area contributed by atoms with Crippen LogP contribution in [0.1, 0.15) is 26.3 Å². The fourth-order valence-electron chi connectivity index (χ4n) is 2.64. The number of hydrogen-bond acceptors (Lipinski definition) is 3. The summed E-state index contributed by atoms with van der Waals surface area (Å²) in [5.41, 5.74) is 3.47. The van der Waals surface area contributed by atoms with Gasteiger partial charge in [-0.25, -0.2) is 0 Å². The molecule has 3 aromatic carbocycles. The molecule has 2 N–H and O–H groups in total. The summed E-state index contributed by atoms with van der Waals surface area (Å²) in [6.45, 7) is 1.94. The van der Waals surface area contributed by atoms with Crippen LogP contribution < -0.4 is 15.4 Å². The lowest BCUT2D eigenvalue weighted by Crippen LogP contribution is -2.13. The van der Waals surface area contributed by atoms with Gasteiger partial charge in [0.25, 0.3) is 11.8 Å². The fourth-order valence-corrected chi connectivity index (χ4v) is 3.37. The van der Waals surface area contributed by atoms with Crippen LogP contribution >= 0.6 is 22.6 Å². The summed E-state index contributed by atoms with van der Waals surface area (Å²) in [7, 11) is 1.59. The van der Waals surface area contributed by atoms with E-state index >= 15 is 0 Å². The lowest BCUT2D eigenvalue weighted by Gasteiger charge is -2.09. The maximum absolute atomic E-state index is 12.4. The number of methoxy groups -OCH3 is 1. The van der Waals surface area contributed by atoms with Crippen LogP contribution in [0.4, 0.5) is 11.4 Å². The summed E-state index contributed by atoms with van der Waals surface area (Å²) >= 11 is 2.13. The molecular formula is C22H19IN2O3. The lowest BCUT2D eigenvalue weighted by atomic mass is 10.1. The van der Waals surface area contributed by atoms with E-state index in [1.165, 1.54) is 0 Å². The van der Waals surface area contributed by atoms with Gasteiger partial charge in [0.2, 0.25) is 0 Å². The molecule has 0 aliphatic carbocycles. The lowest BCUT2D eigenvalue weighted by molar-refractivity contribution is 0.101. The number of carbonyl (C=O) groups excluding carboxylic acids is 2. The van der Waals surface area contributed by atoms with Crippen molar-refractivity contribution in [1.29, 1.82) is 0 Å². The molecule has 6 heteroatoms. The summed E-state index contributed by atoms with van der Waals surface area (Å²) in [5.74, 6) is 0.344. The van der Waals surface area contributed by atoms with Gasteiger partial charge in [-0.15, -0.1) is 0 Å². The summed E-state index contributed by atoms with van der Waals surface area (Å²) in [4.78, 5) is 24.7. The van der Waals surface area contributed by atoms with Crippen molar-refractivity contribution < 1.29 is 14.3 Å². The number of aryl methyl sites for hydroxylation is 1. The Morgan fingerprint density at radius 3 is 1.89 bits per heavy atom. The van der Waals surface area contributed by atoms with E-state index < -0.39 is 0 Å². The largest absolute Gasteiger partial charge is 0.496 e. The average molecular weight is 486 g/mol. The van der Waals surface area contributed by atoms with E-state index in [4.69, 9.17) is 4.74 Å². The van der Waals surface area contributed by atoms with Crippen LogP contribution in [0.2, 0.25) is 0 Å². The number of ether oxygens (including phenoxy) is 1. The Kier molecular flexibility index (Phi) is 6.30. The molecular weight excluding hydrogens is 467 g/mol. The normalized spacial score (nSPS) is 10.2. The third-order valence-electron chi connectivity index (χ3n) is 4.09. The molecule has 0 bridgehead atoms. The van der Waals surface area contributed by atoms with Gasteiger partial charge in [-0.2, -0.15) is 0 Å². The highest BCUT2D eigenvalue weighted by atomic mass is 127. The molecule has 0 aromatic heterocycles. The second-order valence-corrected chi connectivity index (χ2v) is 7.37. The second kappa shape index (κ2) is 8.88. The minimum Gasteiger partial charge on any atom is -0.496 e. The molecule has 28 heavy (non-hydrogen) atoms. The van der Waals surface area contributed by atoms with Gasteiger partial charge in [0.15, 0.2) is 0 Å². The van der Waals surface area contributed by atoms with Crippen LogP contribution in [0.25, 0.3) is 0 Å². The number of nitrogens with one attached hydrogen (secondary N) is 2. The first-order chi connectivity index (χ1) is 13.5. The van der Waals surface area contributed by atoms with E-state index in [0.29, 0.717) is 22.5 Å². The topological polar surface area (TPSA) is 67.4 Å². The zero-order valence-corrected chi connectivity index (χ0v) is 17.6. The molecule has 0 unspecified atom stereocenters. The van der Waals surface area contributed by atoms with Gasteiger partial charge in [-0.05, 0) is 84.1 Å². The number of anilines is 2. The van der Waals surface area contributed by atoms with Crippen molar-refractivity contribution in [3.05, 3.63) is 87.0 Å². The van der Waals surface area contributed by atoms with Gasteiger partial charge in [-0.1, -0.05) is 17.7 Å². The Bertz CT molecular complexity index is 1020. The number of benzene rings is 3. The highest BCUT2D eigenvalue weighted by Gasteiger charge is 2.10. The van der Waals surface area contributed by atoms with Crippen LogP contribution in [0.15, 0.2) is 66.7 Å². The first-order valence-corrected chi connectivity index (χ1v) is 9.67. The van der Waals surface area contributed by atoms with E-state index in [1.54, 1.807) is 55.6 Å². The smallest absolute Gasteiger partial charge is 0.255 e. The van der Waals surface area contributed by atoms with E-state index in [1.807, 2.05) is 25.1 Å². The predicted molar refractivity (Wildman–Crippen MR) is 119 cm³/mol. The van der Waals surface area contributed by atoms with E-state index in [2.05, 4.69) is 33.2 Å². The molecule has 0 spiro atoms. The Morgan fingerprint density at radius 2 is 1.39 bits per heavy atom. The van der Waals surface area contributed by atoms with Crippen molar-refractivity contribution >= 4 is 45.8 Å². The van der Waals surface area contributed by atoms with E-state index in [9.17, 15) is 9.59 Å². The Hall–Kier alpha value is -2.87. The third kappa shape index (κ3) is 4.89. The van der Waals surface area contributed by atoms with Crippen molar-refractivity contribution in [3.63, 3.8) is 0 Å². The van der Waals surface area contributed by atoms with Crippen LogP contribution in [0, 0.1) is 10.5 Å². The molecule has 0 aliphatic rings. The number of carbonyl (C=O) groups is 2. The number of halogens is 1. The summed E-state index contributed by atoms with van der Waals surface area (Å²) in [5, 5.41) is 5.70. The van der Waals surface area contributed by atoms with Gasteiger partial charge in [0.05, 0.1) is 10.7 Å². The van der Waals surface area contributed by atoms with E-state index in [-0.39, 0.29) is 11.8 Å². The first kappa shape index (κ1) is 19.9. The van der Waals surface area contributed by atoms with Crippen molar-refractivity contribution in [2.45, 2.75) is 6.92 Å².